The lowest BCUT2D eigenvalue weighted by Crippen LogP contribution is -2.23. The van der Waals surface area contributed by atoms with E-state index in [1.54, 1.807) is 37.3 Å². The van der Waals surface area contributed by atoms with Crippen LogP contribution >= 0.6 is 0 Å². The Morgan fingerprint density at radius 2 is 2.03 bits per heavy atom. The molecule has 3 N–H and O–H groups in total. The van der Waals surface area contributed by atoms with Crippen molar-refractivity contribution < 1.29 is 18.0 Å². The number of carbonyl (C=O) groups is 1. The number of hydrogen-bond acceptors (Lipinski definition) is 6. The predicted molar refractivity (Wildman–Crippen MR) is 117 cm³/mol. The van der Waals surface area contributed by atoms with Crippen LogP contribution < -0.4 is 11.1 Å². The fraction of sp³-hybridized carbons (Fsp3) is 0.174. The average molecular weight is 465 g/mol. The highest BCUT2D eigenvalue weighted by Crippen LogP contribution is 2.30. The molecule has 0 saturated carbocycles. The van der Waals surface area contributed by atoms with Crippen molar-refractivity contribution in [3.63, 3.8) is 0 Å². The molecular weight excluding hydrogens is 447 g/mol. The van der Waals surface area contributed by atoms with Gasteiger partial charge in [0, 0.05) is 30.0 Å². The number of fused-ring (bicyclic) bond motifs is 1. The zero-order valence-electron chi connectivity index (χ0n) is 17.9. The van der Waals surface area contributed by atoms with Gasteiger partial charge in [-0.2, -0.15) is 23.5 Å². The average Bonchev–Trinajstić information content (AvgIpc) is 3.20. The fourth-order valence-electron chi connectivity index (χ4n) is 3.44. The van der Waals surface area contributed by atoms with Gasteiger partial charge in [0.2, 0.25) is 0 Å². The summed E-state index contributed by atoms with van der Waals surface area (Å²) in [7, 11) is 0. The Balaban J connectivity index is 1.53. The van der Waals surface area contributed by atoms with Gasteiger partial charge in [0.1, 0.15) is 11.9 Å². The van der Waals surface area contributed by atoms with E-state index >= 15 is 0 Å². The third-order valence-corrected chi connectivity index (χ3v) is 5.19. The minimum absolute atomic E-state index is 0.0635. The molecule has 0 aliphatic heterocycles. The van der Waals surface area contributed by atoms with Gasteiger partial charge in [-0.15, -0.1) is 0 Å². The summed E-state index contributed by atoms with van der Waals surface area (Å²) < 4.78 is 40.4. The Kier molecular flexibility index (Phi) is 5.89. The number of alkyl halides is 3. The van der Waals surface area contributed by atoms with Gasteiger partial charge in [-0.05, 0) is 42.3 Å². The molecule has 1 aromatic carbocycles. The first-order valence-electron chi connectivity index (χ1n) is 10.1. The maximum atomic E-state index is 13.0. The molecule has 11 heteroatoms. The van der Waals surface area contributed by atoms with Gasteiger partial charge in [-0.25, -0.2) is 4.98 Å². The molecule has 1 amide bonds. The van der Waals surface area contributed by atoms with Crippen LogP contribution in [0.5, 0.6) is 0 Å². The van der Waals surface area contributed by atoms with Crippen LogP contribution in [-0.2, 0) is 19.3 Å². The molecule has 4 rings (SSSR count). The van der Waals surface area contributed by atoms with Crippen LogP contribution in [0.15, 0.2) is 48.8 Å². The molecule has 172 valence electrons. The maximum Gasteiger partial charge on any atom is 0.417 e. The minimum Gasteiger partial charge on any atom is -0.384 e. The van der Waals surface area contributed by atoms with E-state index in [0.717, 1.165) is 17.8 Å². The lowest BCUT2D eigenvalue weighted by molar-refractivity contribution is -0.137. The third kappa shape index (κ3) is 4.80. The van der Waals surface area contributed by atoms with Crippen molar-refractivity contribution in [1.82, 2.24) is 25.1 Å². The molecule has 4 aromatic rings. The predicted octanol–water partition coefficient (Wildman–Crippen LogP) is 3.59. The second-order valence-electron chi connectivity index (χ2n) is 7.61. The topological polar surface area (TPSA) is 123 Å². The van der Waals surface area contributed by atoms with E-state index in [4.69, 9.17) is 5.73 Å². The first-order valence-corrected chi connectivity index (χ1v) is 10.1. The monoisotopic (exact) mass is 465 g/mol. The molecule has 0 spiro atoms. The summed E-state index contributed by atoms with van der Waals surface area (Å²) in [6, 6.07) is 11.2. The van der Waals surface area contributed by atoms with E-state index in [1.807, 2.05) is 6.07 Å². The van der Waals surface area contributed by atoms with E-state index in [0.29, 0.717) is 28.0 Å². The Morgan fingerprint density at radius 3 is 2.74 bits per heavy atom. The summed E-state index contributed by atoms with van der Waals surface area (Å²) in [5.74, 6) is -0.115. The van der Waals surface area contributed by atoms with Gasteiger partial charge in [-0.3, -0.25) is 14.5 Å². The Hall–Kier alpha value is -4.46. The van der Waals surface area contributed by atoms with Crippen LogP contribution in [0.4, 0.5) is 19.0 Å². The van der Waals surface area contributed by atoms with Crippen molar-refractivity contribution in [1.29, 1.82) is 5.26 Å². The standard InChI is InChI=1S/C23H18F3N7O/c1-13-15(3-5-21(28)31-13)9-30-22(34)18-12-33(32-20(18)8-27)11-14-2-4-19-16(6-14)7-17(10-29-19)23(24,25)26/h2-7,10,12H,9,11H2,1H3,(H2,28,31)(H,30,34). The smallest absolute Gasteiger partial charge is 0.384 e. The number of nitriles is 1. The van der Waals surface area contributed by atoms with E-state index < -0.39 is 17.6 Å². The Morgan fingerprint density at radius 1 is 1.24 bits per heavy atom. The molecule has 3 aromatic heterocycles. The Labute approximate surface area is 191 Å². The summed E-state index contributed by atoms with van der Waals surface area (Å²) >= 11 is 0. The highest BCUT2D eigenvalue weighted by Gasteiger charge is 2.31. The van der Waals surface area contributed by atoms with Gasteiger partial charge < -0.3 is 11.1 Å². The maximum absolute atomic E-state index is 13.0. The molecule has 34 heavy (non-hydrogen) atoms. The molecule has 0 aliphatic carbocycles. The van der Waals surface area contributed by atoms with Gasteiger partial charge in [0.15, 0.2) is 5.69 Å². The zero-order chi connectivity index (χ0) is 24.5. The summed E-state index contributed by atoms with van der Waals surface area (Å²) in [6.07, 6.45) is -2.28. The van der Waals surface area contributed by atoms with Gasteiger partial charge in [0.25, 0.3) is 5.91 Å². The zero-order valence-corrected chi connectivity index (χ0v) is 17.9. The number of aryl methyl sites for hydroxylation is 1. The van der Waals surface area contributed by atoms with E-state index in [9.17, 15) is 23.2 Å². The molecule has 8 nitrogen and oxygen atoms in total. The summed E-state index contributed by atoms with van der Waals surface area (Å²) in [5, 5.41) is 16.6. The largest absolute Gasteiger partial charge is 0.417 e. The number of hydrogen-bond donors (Lipinski definition) is 2. The molecule has 0 saturated heterocycles. The normalized spacial score (nSPS) is 11.4. The summed E-state index contributed by atoms with van der Waals surface area (Å²) in [6.45, 7) is 2.11. The summed E-state index contributed by atoms with van der Waals surface area (Å²) in [5.41, 5.74) is 7.33. The van der Waals surface area contributed by atoms with Crippen LogP contribution in [-0.4, -0.2) is 25.7 Å². The van der Waals surface area contributed by atoms with E-state index in [-0.39, 0.29) is 24.3 Å². The molecule has 0 bridgehead atoms. The molecular formula is C23H18F3N7O. The number of amides is 1. The number of nitrogen functional groups attached to an aromatic ring is 1. The van der Waals surface area contributed by atoms with Gasteiger partial charge in [0.05, 0.1) is 23.2 Å². The lowest BCUT2D eigenvalue weighted by atomic mass is 10.1. The van der Waals surface area contributed by atoms with E-state index in [2.05, 4.69) is 20.4 Å². The van der Waals surface area contributed by atoms with Crippen molar-refractivity contribution in [2.24, 2.45) is 0 Å². The number of nitrogens with zero attached hydrogens (tertiary/aromatic N) is 5. The number of aromatic nitrogens is 4. The van der Waals surface area contributed by atoms with Crippen molar-refractivity contribution in [2.45, 2.75) is 26.2 Å². The fourth-order valence-corrected chi connectivity index (χ4v) is 3.44. The molecule has 0 radical (unpaired) electrons. The molecule has 0 atom stereocenters. The van der Waals surface area contributed by atoms with Crippen LogP contribution in [0.25, 0.3) is 10.9 Å². The van der Waals surface area contributed by atoms with Crippen molar-refractivity contribution in [3.8, 4) is 6.07 Å². The number of pyridine rings is 2. The van der Waals surface area contributed by atoms with Crippen molar-refractivity contribution in [3.05, 3.63) is 82.4 Å². The number of anilines is 1. The van der Waals surface area contributed by atoms with Gasteiger partial charge in [-0.1, -0.05) is 12.1 Å². The number of nitrogens with two attached hydrogens (primary N) is 1. The SMILES string of the molecule is Cc1nc(N)ccc1CNC(=O)c1cn(Cc2ccc3ncc(C(F)(F)F)cc3c2)nc1C#N. The second-order valence-corrected chi connectivity index (χ2v) is 7.61. The number of rotatable bonds is 5. The van der Waals surface area contributed by atoms with Crippen LogP contribution in [0.2, 0.25) is 0 Å². The highest BCUT2D eigenvalue weighted by molar-refractivity contribution is 5.95. The van der Waals surface area contributed by atoms with Crippen LogP contribution in [0.3, 0.4) is 0 Å². The van der Waals surface area contributed by atoms with Crippen molar-refractivity contribution in [2.75, 3.05) is 5.73 Å². The first-order chi connectivity index (χ1) is 16.1. The van der Waals surface area contributed by atoms with Crippen LogP contribution in [0.1, 0.15) is 38.4 Å². The number of halogens is 3. The summed E-state index contributed by atoms with van der Waals surface area (Å²) in [4.78, 5) is 20.7. The number of carbonyl (C=O) groups excluding carboxylic acids is 1. The minimum atomic E-state index is -4.50. The number of benzene rings is 1. The highest BCUT2D eigenvalue weighted by atomic mass is 19.4. The lowest BCUT2D eigenvalue weighted by Gasteiger charge is -2.08. The Bertz CT molecular complexity index is 1440. The second kappa shape index (κ2) is 8.82. The quantitative estimate of drug-likeness (QED) is 0.465. The third-order valence-electron chi connectivity index (χ3n) is 5.19. The van der Waals surface area contributed by atoms with E-state index in [1.165, 1.54) is 10.9 Å². The van der Waals surface area contributed by atoms with Crippen molar-refractivity contribution >= 4 is 22.6 Å². The first kappa shape index (κ1) is 22.7. The van der Waals surface area contributed by atoms with Gasteiger partial charge >= 0.3 is 6.18 Å². The molecule has 0 aliphatic rings. The molecule has 0 unspecified atom stereocenters. The molecule has 0 fully saturated rings. The van der Waals surface area contributed by atoms with Crippen LogP contribution in [0, 0.1) is 18.3 Å². The molecule has 3 heterocycles. The number of nitrogens with one attached hydrogen (secondary N) is 1.